The fraction of sp³-hybridized carbons (Fsp3) is 0.450. The highest BCUT2D eigenvalue weighted by molar-refractivity contribution is 7.15. The maximum Gasteiger partial charge on any atom is 0.278 e. The molecule has 28 heavy (non-hydrogen) atoms. The van der Waals surface area contributed by atoms with Gasteiger partial charge in [0.05, 0.1) is 5.39 Å². The molecule has 0 saturated carbocycles. The van der Waals surface area contributed by atoms with E-state index in [4.69, 9.17) is 0 Å². The van der Waals surface area contributed by atoms with Gasteiger partial charge < -0.3 is 0 Å². The summed E-state index contributed by atoms with van der Waals surface area (Å²) in [6, 6.07) is 7.08. The highest BCUT2D eigenvalue weighted by Gasteiger charge is 2.18. The number of unbranched alkanes of at least 4 members (excludes halogenated alkanes) is 2. The van der Waals surface area contributed by atoms with E-state index in [0.717, 1.165) is 30.7 Å². The molecule has 0 aliphatic heterocycles. The standard InChI is InChI=1S/C20H25N5O2S/c1-4-5-8-11-25-19(27)15-10-7-6-9-14(15)17(24-25)18(26)21-20-23-22-16(28-20)12-13(2)3/h6-7,9-10,13H,4-5,8,11-12H2,1-3H3,(H,21,23,26). The van der Waals surface area contributed by atoms with Gasteiger partial charge in [0.1, 0.15) is 5.01 Å². The lowest BCUT2D eigenvalue weighted by Crippen LogP contribution is -2.27. The number of aromatic nitrogens is 4. The number of amides is 1. The molecule has 0 atom stereocenters. The first kappa shape index (κ1) is 20.1. The topological polar surface area (TPSA) is 89.8 Å². The summed E-state index contributed by atoms with van der Waals surface area (Å²) in [5.74, 6) is 0.0847. The molecule has 1 amide bonds. The van der Waals surface area contributed by atoms with Crippen molar-refractivity contribution >= 4 is 33.1 Å². The first-order chi connectivity index (χ1) is 13.5. The second-order valence-corrected chi connectivity index (χ2v) is 8.24. The molecule has 0 unspecified atom stereocenters. The third-order valence-electron chi connectivity index (χ3n) is 4.33. The zero-order valence-corrected chi connectivity index (χ0v) is 17.3. The molecular weight excluding hydrogens is 374 g/mol. The van der Waals surface area contributed by atoms with E-state index in [1.54, 1.807) is 24.3 Å². The molecule has 0 bridgehead atoms. The molecule has 8 heteroatoms. The number of carbonyl (C=O) groups is 1. The molecule has 3 rings (SSSR count). The minimum Gasteiger partial charge on any atom is -0.295 e. The molecule has 1 N–H and O–H groups in total. The number of benzene rings is 1. The molecule has 148 valence electrons. The van der Waals surface area contributed by atoms with Crippen LogP contribution in [-0.4, -0.2) is 25.9 Å². The Hall–Kier alpha value is -2.61. The fourth-order valence-electron chi connectivity index (χ4n) is 2.96. The van der Waals surface area contributed by atoms with E-state index >= 15 is 0 Å². The molecule has 3 aromatic rings. The maximum absolute atomic E-state index is 12.9. The second-order valence-electron chi connectivity index (χ2n) is 7.18. The largest absolute Gasteiger partial charge is 0.295 e. The summed E-state index contributed by atoms with van der Waals surface area (Å²) in [6.07, 6.45) is 3.71. The van der Waals surface area contributed by atoms with Crippen LogP contribution in [0, 0.1) is 5.92 Å². The minimum atomic E-state index is -0.382. The SMILES string of the molecule is CCCCCn1nc(C(=O)Nc2nnc(CC(C)C)s2)c2ccccc2c1=O. The Morgan fingerprint density at radius 3 is 2.64 bits per heavy atom. The summed E-state index contributed by atoms with van der Waals surface area (Å²) < 4.78 is 1.40. The van der Waals surface area contributed by atoms with Gasteiger partial charge in [-0.1, -0.05) is 63.1 Å². The van der Waals surface area contributed by atoms with Crippen molar-refractivity contribution in [3.63, 3.8) is 0 Å². The number of fused-ring (bicyclic) bond motifs is 1. The summed E-state index contributed by atoms with van der Waals surface area (Å²) in [5, 5.41) is 17.7. The summed E-state index contributed by atoms with van der Waals surface area (Å²) in [6.45, 7) is 6.81. The van der Waals surface area contributed by atoms with Crippen LogP contribution >= 0.6 is 11.3 Å². The van der Waals surface area contributed by atoms with Crippen LogP contribution in [0.3, 0.4) is 0 Å². The van der Waals surface area contributed by atoms with Crippen LogP contribution < -0.4 is 10.9 Å². The van der Waals surface area contributed by atoms with Gasteiger partial charge in [-0.2, -0.15) is 5.10 Å². The number of hydrogen-bond acceptors (Lipinski definition) is 6. The summed E-state index contributed by atoms with van der Waals surface area (Å²) in [4.78, 5) is 25.6. The van der Waals surface area contributed by atoms with Crippen LogP contribution in [0.1, 0.15) is 55.5 Å². The zero-order valence-electron chi connectivity index (χ0n) is 16.4. The number of aryl methyl sites for hydroxylation is 1. The Morgan fingerprint density at radius 1 is 1.18 bits per heavy atom. The highest BCUT2D eigenvalue weighted by Crippen LogP contribution is 2.20. The second kappa shape index (κ2) is 9.05. The Balaban J connectivity index is 1.92. The predicted octanol–water partition coefficient (Wildman–Crippen LogP) is 3.89. The van der Waals surface area contributed by atoms with E-state index in [9.17, 15) is 9.59 Å². The lowest BCUT2D eigenvalue weighted by molar-refractivity contribution is 0.102. The first-order valence-corrected chi connectivity index (χ1v) is 10.4. The molecule has 1 aromatic carbocycles. The molecule has 0 saturated heterocycles. The summed E-state index contributed by atoms with van der Waals surface area (Å²) >= 11 is 1.36. The third kappa shape index (κ3) is 4.62. The van der Waals surface area contributed by atoms with Gasteiger partial charge >= 0.3 is 0 Å². The number of anilines is 1. The van der Waals surface area contributed by atoms with Crippen molar-refractivity contribution < 1.29 is 4.79 Å². The van der Waals surface area contributed by atoms with Crippen LogP contribution in [0.25, 0.3) is 10.8 Å². The third-order valence-corrected chi connectivity index (χ3v) is 5.19. The Labute approximate surface area is 167 Å². The van der Waals surface area contributed by atoms with E-state index in [0.29, 0.717) is 28.4 Å². The number of hydrogen-bond donors (Lipinski definition) is 1. The molecule has 0 fully saturated rings. The number of rotatable bonds is 8. The van der Waals surface area contributed by atoms with Crippen molar-refractivity contribution in [2.45, 2.75) is 53.0 Å². The average molecular weight is 400 g/mol. The average Bonchev–Trinajstić information content (AvgIpc) is 3.09. The van der Waals surface area contributed by atoms with Crippen molar-refractivity contribution in [1.29, 1.82) is 0 Å². The molecular formula is C20H25N5O2S. The highest BCUT2D eigenvalue weighted by atomic mass is 32.1. The predicted molar refractivity (Wildman–Crippen MR) is 112 cm³/mol. The summed E-state index contributed by atoms with van der Waals surface area (Å²) in [5.41, 5.74) is 0.0608. The van der Waals surface area contributed by atoms with Crippen molar-refractivity contribution in [3.8, 4) is 0 Å². The lowest BCUT2D eigenvalue weighted by Gasteiger charge is -2.10. The van der Waals surface area contributed by atoms with E-state index in [2.05, 4.69) is 41.4 Å². The summed E-state index contributed by atoms with van der Waals surface area (Å²) in [7, 11) is 0. The van der Waals surface area contributed by atoms with Gasteiger partial charge in [-0.25, -0.2) is 4.68 Å². The first-order valence-electron chi connectivity index (χ1n) is 9.63. The maximum atomic E-state index is 12.9. The van der Waals surface area contributed by atoms with Gasteiger partial charge in [0.25, 0.3) is 11.5 Å². The van der Waals surface area contributed by atoms with Crippen LogP contribution in [-0.2, 0) is 13.0 Å². The van der Waals surface area contributed by atoms with Gasteiger partial charge in [-0.3, -0.25) is 14.9 Å². The van der Waals surface area contributed by atoms with E-state index < -0.39 is 0 Å². The molecule has 7 nitrogen and oxygen atoms in total. The number of carbonyl (C=O) groups excluding carboxylic acids is 1. The van der Waals surface area contributed by atoms with E-state index in [1.165, 1.54) is 16.0 Å². The Bertz CT molecular complexity index is 1020. The van der Waals surface area contributed by atoms with E-state index in [1.807, 2.05) is 0 Å². The van der Waals surface area contributed by atoms with Crippen molar-refractivity contribution in [3.05, 3.63) is 45.3 Å². The smallest absolute Gasteiger partial charge is 0.278 e. The Morgan fingerprint density at radius 2 is 1.93 bits per heavy atom. The van der Waals surface area contributed by atoms with Gasteiger partial charge in [0, 0.05) is 18.4 Å². The quantitative estimate of drug-likeness (QED) is 0.581. The van der Waals surface area contributed by atoms with Crippen LogP contribution in [0.5, 0.6) is 0 Å². The zero-order chi connectivity index (χ0) is 20.1. The van der Waals surface area contributed by atoms with Gasteiger partial charge in [0.15, 0.2) is 5.69 Å². The van der Waals surface area contributed by atoms with Gasteiger partial charge in [-0.05, 0) is 18.4 Å². The van der Waals surface area contributed by atoms with Crippen LogP contribution in [0.2, 0.25) is 0 Å². The fourth-order valence-corrected chi connectivity index (χ4v) is 3.91. The number of nitrogens with one attached hydrogen (secondary N) is 1. The normalized spacial score (nSPS) is 11.3. The molecule has 0 aliphatic rings. The number of nitrogens with zero attached hydrogens (tertiary/aromatic N) is 4. The molecule has 0 aliphatic carbocycles. The molecule has 2 aromatic heterocycles. The Kier molecular flexibility index (Phi) is 6.51. The van der Waals surface area contributed by atoms with E-state index in [-0.39, 0.29) is 17.2 Å². The van der Waals surface area contributed by atoms with Crippen molar-refractivity contribution in [2.24, 2.45) is 5.92 Å². The molecule has 0 radical (unpaired) electrons. The van der Waals surface area contributed by atoms with Crippen molar-refractivity contribution in [1.82, 2.24) is 20.0 Å². The van der Waals surface area contributed by atoms with Crippen LogP contribution in [0.15, 0.2) is 29.1 Å². The lowest BCUT2D eigenvalue weighted by atomic mass is 10.1. The van der Waals surface area contributed by atoms with Crippen LogP contribution in [0.4, 0.5) is 5.13 Å². The minimum absolute atomic E-state index is 0.168. The van der Waals surface area contributed by atoms with Gasteiger partial charge in [-0.15, -0.1) is 10.2 Å². The monoisotopic (exact) mass is 399 g/mol. The molecule has 0 spiro atoms. The van der Waals surface area contributed by atoms with Crippen molar-refractivity contribution in [2.75, 3.05) is 5.32 Å². The van der Waals surface area contributed by atoms with Gasteiger partial charge in [0.2, 0.25) is 5.13 Å². The molecule has 2 heterocycles.